The average Bonchev–Trinajstić information content (AvgIpc) is 3.26. The predicted molar refractivity (Wildman–Crippen MR) is 105 cm³/mol. The smallest absolute Gasteiger partial charge is 0.274 e. The number of para-hydroxylation sites is 2. The minimum atomic E-state index is -0.0445. The Bertz CT molecular complexity index is 1040. The maximum atomic E-state index is 12.5. The van der Waals surface area contributed by atoms with Gasteiger partial charge in [0, 0.05) is 23.5 Å². The molecule has 0 saturated carbocycles. The summed E-state index contributed by atoms with van der Waals surface area (Å²) in [6.45, 7) is 0. The quantitative estimate of drug-likeness (QED) is 0.555. The molecule has 0 unspecified atom stereocenters. The normalized spacial score (nSPS) is 11.0. The van der Waals surface area contributed by atoms with Gasteiger partial charge >= 0.3 is 0 Å². The van der Waals surface area contributed by atoms with Crippen LogP contribution in [0.25, 0.3) is 11.4 Å². The molecular formula is C21H20N4O2. The van der Waals surface area contributed by atoms with Crippen LogP contribution in [0.15, 0.2) is 82.6 Å². The number of hydrogen-bond acceptors (Lipinski definition) is 2. The molecule has 6 nitrogen and oxygen atoms in total. The maximum Gasteiger partial charge on any atom is 0.274 e. The van der Waals surface area contributed by atoms with Gasteiger partial charge in [-0.2, -0.15) is 0 Å². The SMILES string of the molecule is O=c1c(CCCc2c[nH]n(-c3ccccc3)c2=O)c[nH]n1-c1ccccc1. The van der Waals surface area contributed by atoms with Crippen LogP contribution in [0.5, 0.6) is 0 Å². The first-order chi connectivity index (χ1) is 13.2. The van der Waals surface area contributed by atoms with Gasteiger partial charge in [-0.05, 0) is 43.5 Å². The van der Waals surface area contributed by atoms with Crippen molar-refractivity contribution in [2.45, 2.75) is 19.3 Å². The topological polar surface area (TPSA) is 75.6 Å². The minimum absolute atomic E-state index is 0.0445. The van der Waals surface area contributed by atoms with Crippen molar-refractivity contribution < 1.29 is 0 Å². The van der Waals surface area contributed by atoms with E-state index >= 15 is 0 Å². The Kier molecular flexibility index (Phi) is 4.61. The Morgan fingerprint density at radius 1 is 0.630 bits per heavy atom. The van der Waals surface area contributed by atoms with E-state index in [1.54, 1.807) is 12.4 Å². The van der Waals surface area contributed by atoms with Crippen LogP contribution >= 0.6 is 0 Å². The summed E-state index contributed by atoms with van der Waals surface area (Å²) in [4.78, 5) is 25.1. The van der Waals surface area contributed by atoms with Crippen molar-refractivity contribution in [1.29, 1.82) is 0 Å². The van der Waals surface area contributed by atoms with Crippen molar-refractivity contribution >= 4 is 0 Å². The van der Waals surface area contributed by atoms with Gasteiger partial charge in [0.2, 0.25) is 0 Å². The second-order valence-corrected chi connectivity index (χ2v) is 6.40. The molecule has 27 heavy (non-hydrogen) atoms. The van der Waals surface area contributed by atoms with Gasteiger partial charge in [0.1, 0.15) is 0 Å². The first-order valence-corrected chi connectivity index (χ1v) is 8.93. The van der Waals surface area contributed by atoms with Gasteiger partial charge in [-0.1, -0.05) is 36.4 Å². The van der Waals surface area contributed by atoms with E-state index in [1.807, 2.05) is 60.7 Å². The number of aromatic amines is 2. The number of hydrogen-bond donors (Lipinski definition) is 2. The Morgan fingerprint density at radius 2 is 1.04 bits per heavy atom. The van der Waals surface area contributed by atoms with Gasteiger partial charge in [-0.25, -0.2) is 9.36 Å². The van der Waals surface area contributed by atoms with Gasteiger partial charge < -0.3 is 0 Å². The van der Waals surface area contributed by atoms with Crippen LogP contribution in [-0.2, 0) is 12.8 Å². The molecule has 0 aliphatic rings. The fourth-order valence-corrected chi connectivity index (χ4v) is 3.18. The molecule has 0 atom stereocenters. The van der Waals surface area contributed by atoms with E-state index in [9.17, 15) is 9.59 Å². The van der Waals surface area contributed by atoms with E-state index < -0.39 is 0 Å². The second kappa shape index (κ2) is 7.37. The monoisotopic (exact) mass is 360 g/mol. The third-order valence-corrected chi connectivity index (χ3v) is 4.61. The Labute approximate surface area is 155 Å². The standard InChI is InChI=1S/C21H20N4O2/c26-20-16(14-22-24(20)18-10-3-1-4-11-18)8-7-9-17-15-23-25(21(17)27)19-12-5-2-6-13-19/h1-6,10-15,22-23H,7-9H2. The van der Waals surface area contributed by atoms with E-state index in [2.05, 4.69) is 10.2 Å². The number of nitrogens with one attached hydrogen (secondary N) is 2. The van der Waals surface area contributed by atoms with Crippen LogP contribution in [0, 0.1) is 0 Å². The van der Waals surface area contributed by atoms with Gasteiger partial charge in [-0.3, -0.25) is 19.8 Å². The van der Waals surface area contributed by atoms with E-state index in [-0.39, 0.29) is 11.1 Å². The lowest BCUT2D eigenvalue weighted by atomic mass is 10.1. The molecule has 2 aromatic carbocycles. The first kappa shape index (κ1) is 16.9. The molecule has 0 spiro atoms. The van der Waals surface area contributed by atoms with Gasteiger partial charge in [0.25, 0.3) is 11.1 Å². The zero-order valence-electron chi connectivity index (χ0n) is 14.8. The van der Waals surface area contributed by atoms with Crippen LogP contribution in [0.1, 0.15) is 17.5 Å². The van der Waals surface area contributed by atoms with Gasteiger partial charge in [0.05, 0.1) is 11.4 Å². The lowest BCUT2D eigenvalue weighted by Crippen LogP contribution is -2.18. The van der Waals surface area contributed by atoms with E-state index in [1.165, 1.54) is 9.36 Å². The summed E-state index contributed by atoms with van der Waals surface area (Å²) in [6.07, 6.45) is 5.45. The number of nitrogens with zero attached hydrogens (tertiary/aromatic N) is 2. The summed E-state index contributed by atoms with van der Waals surface area (Å²) in [7, 11) is 0. The first-order valence-electron chi connectivity index (χ1n) is 8.93. The molecule has 0 bridgehead atoms. The summed E-state index contributed by atoms with van der Waals surface area (Å²) in [6, 6.07) is 18.9. The third-order valence-electron chi connectivity index (χ3n) is 4.61. The predicted octanol–water partition coefficient (Wildman–Crippen LogP) is 2.82. The highest BCUT2D eigenvalue weighted by Gasteiger charge is 2.10. The molecule has 4 aromatic rings. The highest BCUT2D eigenvalue weighted by molar-refractivity contribution is 5.32. The average molecular weight is 360 g/mol. The summed E-state index contributed by atoms with van der Waals surface area (Å²) in [5.74, 6) is 0. The summed E-state index contributed by atoms with van der Waals surface area (Å²) >= 11 is 0. The van der Waals surface area contributed by atoms with Crippen LogP contribution in [-0.4, -0.2) is 19.6 Å². The molecule has 6 heteroatoms. The molecule has 0 saturated heterocycles. The number of aromatic nitrogens is 4. The molecule has 4 rings (SSSR count). The van der Waals surface area contributed by atoms with Crippen molar-refractivity contribution in [3.05, 3.63) is 105 Å². The van der Waals surface area contributed by atoms with E-state index in [0.717, 1.165) is 28.9 Å². The molecule has 0 aliphatic carbocycles. The molecule has 0 aliphatic heterocycles. The lowest BCUT2D eigenvalue weighted by Gasteiger charge is -2.00. The molecule has 0 fully saturated rings. The highest BCUT2D eigenvalue weighted by atomic mass is 16.1. The number of rotatable bonds is 6. The molecule has 136 valence electrons. The Hall–Kier alpha value is -3.54. The van der Waals surface area contributed by atoms with E-state index in [0.29, 0.717) is 12.8 Å². The number of H-pyrrole nitrogens is 2. The molecule has 0 amide bonds. The molecule has 2 N–H and O–H groups in total. The highest BCUT2D eigenvalue weighted by Crippen LogP contribution is 2.07. The number of benzene rings is 2. The Balaban J connectivity index is 1.44. The zero-order valence-corrected chi connectivity index (χ0v) is 14.8. The van der Waals surface area contributed by atoms with Gasteiger partial charge in [0.15, 0.2) is 0 Å². The summed E-state index contributed by atoms with van der Waals surface area (Å²) in [5.41, 5.74) is 2.97. The van der Waals surface area contributed by atoms with Crippen LogP contribution < -0.4 is 11.1 Å². The minimum Gasteiger partial charge on any atom is -0.298 e. The second-order valence-electron chi connectivity index (χ2n) is 6.40. The largest absolute Gasteiger partial charge is 0.298 e. The Morgan fingerprint density at radius 3 is 1.44 bits per heavy atom. The van der Waals surface area contributed by atoms with Crippen molar-refractivity contribution in [2.75, 3.05) is 0 Å². The van der Waals surface area contributed by atoms with E-state index in [4.69, 9.17) is 0 Å². The molecule has 2 aromatic heterocycles. The van der Waals surface area contributed by atoms with Crippen LogP contribution in [0.4, 0.5) is 0 Å². The summed E-state index contributed by atoms with van der Waals surface area (Å²) < 4.78 is 3.07. The third kappa shape index (κ3) is 3.42. The molecule has 2 heterocycles. The zero-order chi connectivity index (χ0) is 18.6. The van der Waals surface area contributed by atoms with Crippen LogP contribution in [0.2, 0.25) is 0 Å². The summed E-state index contributed by atoms with van der Waals surface area (Å²) in [5, 5.41) is 6.02. The fourth-order valence-electron chi connectivity index (χ4n) is 3.18. The maximum absolute atomic E-state index is 12.5. The molecule has 0 radical (unpaired) electrons. The number of aryl methyl sites for hydroxylation is 2. The lowest BCUT2D eigenvalue weighted by molar-refractivity contribution is 0.798. The van der Waals surface area contributed by atoms with Gasteiger partial charge in [-0.15, -0.1) is 0 Å². The van der Waals surface area contributed by atoms with Crippen molar-refractivity contribution in [3.63, 3.8) is 0 Å². The van der Waals surface area contributed by atoms with Crippen molar-refractivity contribution in [1.82, 2.24) is 19.6 Å². The van der Waals surface area contributed by atoms with Crippen LogP contribution in [0.3, 0.4) is 0 Å². The molecular weight excluding hydrogens is 340 g/mol. The van der Waals surface area contributed by atoms with Crippen molar-refractivity contribution in [3.8, 4) is 11.4 Å². The van der Waals surface area contributed by atoms with Crippen molar-refractivity contribution in [2.24, 2.45) is 0 Å². The fraction of sp³-hybridized carbons (Fsp3) is 0.143.